The summed E-state index contributed by atoms with van der Waals surface area (Å²) in [5.41, 5.74) is -0.915. The normalized spacial score (nSPS) is 19.1. The largest absolute Gasteiger partial charge is 0.480 e. The van der Waals surface area contributed by atoms with Crippen LogP contribution in [0.25, 0.3) is 0 Å². The van der Waals surface area contributed by atoms with Gasteiger partial charge in [-0.25, -0.2) is 13.2 Å². The predicted molar refractivity (Wildman–Crippen MR) is 164 cm³/mol. The molecule has 4 rings (SSSR count). The van der Waals surface area contributed by atoms with Crippen molar-refractivity contribution in [3.63, 3.8) is 0 Å². The van der Waals surface area contributed by atoms with Crippen LogP contribution in [-0.2, 0) is 26.0 Å². The first-order valence-corrected chi connectivity index (χ1v) is 15.7. The van der Waals surface area contributed by atoms with Crippen molar-refractivity contribution in [1.82, 2.24) is 14.6 Å². The number of pyridine rings is 1. The van der Waals surface area contributed by atoms with E-state index in [0.29, 0.717) is 11.3 Å². The fourth-order valence-electron chi connectivity index (χ4n) is 4.80. The molecule has 2 heterocycles. The van der Waals surface area contributed by atoms with Crippen molar-refractivity contribution < 1.29 is 27.9 Å². The molecule has 0 unspecified atom stereocenters. The van der Waals surface area contributed by atoms with Gasteiger partial charge in [0.2, 0.25) is 15.9 Å². The molecule has 0 aliphatic carbocycles. The van der Waals surface area contributed by atoms with Crippen molar-refractivity contribution in [1.29, 1.82) is 5.26 Å². The number of amides is 2. The summed E-state index contributed by atoms with van der Waals surface area (Å²) in [5.74, 6) is -3.68. The Hall–Kier alpha value is -3.44. The molecule has 1 aliphatic heterocycles. The Kier molecular flexibility index (Phi) is 10.1. The van der Waals surface area contributed by atoms with Crippen molar-refractivity contribution in [2.24, 2.45) is 5.92 Å². The number of carboxylic acid groups (broad SMARTS) is 1. The third-order valence-electron chi connectivity index (χ3n) is 7.01. The summed E-state index contributed by atoms with van der Waals surface area (Å²) in [6.07, 6.45) is 2.21. The van der Waals surface area contributed by atoms with E-state index >= 15 is 0 Å². The van der Waals surface area contributed by atoms with Crippen LogP contribution in [0.4, 0.5) is 5.69 Å². The van der Waals surface area contributed by atoms with Gasteiger partial charge in [0.05, 0.1) is 32.5 Å². The molecule has 3 atom stereocenters. The molecular formula is C28H23Cl4N5O6S. The van der Waals surface area contributed by atoms with Crippen LogP contribution in [0.3, 0.4) is 0 Å². The van der Waals surface area contributed by atoms with Gasteiger partial charge >= 0.3 is 5.97 Å². The summed E-state index contributed by atoms with van der Waals surface area (Å²) in [7, 11) is -4.38. The highest BCUT2D eigenvalue weighted by Gasteiger charge is 2.54. The fraction of sp³-hybridized carbons (Fsp3) is 0.250. The molecule has 1 aromatic heterocycles. The lowest BCUT2D eigenvalue weighted by Gasteiger charge is -2.33. The van der Waals surface area contributed by atoms with E-state index < -0.39 is 45.3 Å². The van der Waals surface area contributed by atoms with Crippen molar-refractivity contribution >= 4 is 79.9 Å². The maximum absolute atomic E-state index is 13.6. The van der Waals surface area contributed by atoms with Crippen molar-refractivity contribution in [3.05, 3.63) is 86.1 Å². The monoisotopic (exact) mass is 697 g/mol. The van der Waals surface area contributed by atoms with E-state index in [0.717, 1.165) is 4.31 Å². The average Bonchev–Trinajstić information content (AvgIpc) is 3.31. The first-order valence-electron chi connectivity index (χ1n) is 12.8. The number of halogens is 4. The minimum atomic E-state index is -4.38. The van der Waals surface area contributed by atoms with Crippen molar-refractivity contribution in [3.8, 4) is 6.07 Å². The topological polar surface area (TPSA) is 170 Å². The molecule has 11 nitrogen and oxygen atoms in total. The number of aliphatic carboxylic acids is 1. The minimum Gasteiger partial charge on any atom is -0.480 e. The number of carbonyl (C=O) groups is 3. The maximum atomic E-state index is 13.6. The van der Waals surface area contributed by atoms with E-state index in [4.69, 9.17) is 46.4 Å². The molecule has 230 valence electrons. The minimum absolute atomic E-state index is 0.0367. The van der Waals surface area contributed by atoms with Crippen LogP contribution in [0.15, 0.2) is 59.8 Å². The van der Waals surface area contributed by atoms with Gasteiger partial charge < -0.3 is 15.7 Å². The molecule has 2 amide bonds. The van der Waals surface area contributed by atoms with Gasteiger partial charge in [-0.15, -0.1) is 0 Å². The number of carbonyl (C=O) groups excluding carboxylic acids is 2. The molecule has 3 N–H and O–H groups in total. The lowest BCUT2D eigenvalue weighted by Crippen LogP contribution is -2.58. The van der Waals surface area contributed by atoms with Gasteiger partial charge in [0.1, 0.15) is 11.6 Å². The average molecular weight is 699 g/mol. The maximum Gasteiger partial charge on any atom is 0.326 e. The van der Waals surface area contributed by atoms with Gasteiger partial charge in [-0.2, -0.15) is 9.57 Å². The van der Waals surface area contributed by atoms with Crippen LogP contribution in [0.5, 0.6) is 0 Å². The summed E-state index contributed by atoms with van der Waals surface area (Å²) in [5, 5.41) is 24.8. The first-order chi connectivity index (χ1) is 20.6. The van der Waals surface area contributed by atoms with Gasteiger partial charge in [-0.05, 0) is 49.2 Å². The second kappa shape index (κ2) is 13.3. The second-order valence-electron chi connectivity index (χ2n) is 10.1. The zero-order chi connectivity index (χ0) is 32.4. The number of benzene rings is 2. The molecule has 0 saturated carbocycles. The molecule has 1 aliphatic rings. The van der Waals surface area contributed by atoms with Crippen LogP contribution in [0.2, 0.25) is 20.1 Å². The van der Waals surface area contributed by atoms with E-state index in [1.807, 2.05) is 6.07 Å². The van der Waals surface area contributed by atoms with Gasteiger partial charge in [-0.1, -0.05) is 58.5 Å². The fourth-order valence-corrected chi connectivity index (χ4v) is 7.87. The Morgan fingerprint density at radius 1 is 1.09 bits per heavy atom. The van der Waals surface area contributed by atoms with E-state index in [2.05, 4.69) is 15.6 Å². The number of anilines is 1. The molecule has 2 aromatic carbocycles. The number of rotatable bonds is 9. The zero-order valence-corrected chi connectivity index (χ0v) is 26.6. The Balaban J connectivity index is 1.52. The van der Waals surface area contributed by atoms with Gasteiger partial charge in [0.15, 0.2) is 0 Å². The third kappa shape index (κ3) is 7.10. The Morgan fingerprint density at radius 3 is 2.23 bits per heavy atom. The molecule has 44 heavy (non-hydrogen) atoms. The van der Waals surface area contributed by atoms with E-state index in [1.165, 1.54) is 49.6 Å². The lowest BCUT2D eigenvalue weighted by atomic mass is 9.93. The van der Waals surface area contributed by atoms with Crippen molar-refractivity contribution in [2.45, 2.75) is 36.2 Å². The number of carboxylic acids is 1. The quantitative estimate of drug-likeness (QED) is 0.279. The summed E-state index contributed by atoms with van der Waals surface area (Å²) >= 11 is 24.1. The van der Waals surface area contributed by atoms with Crippen LogP contribution in [0.1, 0.15) is 29.3 Å². The Labute approximate surface area is 272 Å². The Morgan fingerprint density at radius 2 is 1.68 bits per heavy atom. The molecule has 0 bridgehead atoms. The molecular weight excluding hydrogens is 676 g/mol. The standard InChI is InChI=1S/C28H23Cl4N5O6S/c1-28(10-16(11-33)14-37(28)44(42,43)20-8-17(29)7-18(30)9-20)27(41)36-23(26(39)40)6-15-2-4-19(5-3-15)35-25(38)24-21(31)12-34-13-22(24)32/h2-5,7-9,12-13,16,23H,6,10,14H2,1H3,(H,35,38)(H,36,41)(H,39,40)/t16-,23-,28+/m0/s1. The highest BCUT2D eigenvalue weighted by molar-refractivity contribution is 7.89. The second-order valence-corrected chi connectivity index (χ2v) is 13.7. The van der Waals surface area contributed by atoms with Crippen LogP contribution >= 0.6 is 46.4 Å². The number of nitriles is 1. The van der Waals surface area contributed by atoms with Gasteiger partial charge in [0.25, 0.3) is 5.91 Å². The van der Waals surface area contributed by atoms with E-state index in [-0.39, 0.29) is 49.9 Å². The number of hydrogen-bond donors (Lipinski definition) is 3. The third-order valence-corrected chi connectivity index (χ3v) is 9.99. The molecule has 0 spiro atoms. The first kappa shape index (κ1) is 33.5. The molecule has 1 saturated heterocycles. The summed E-state index contributed by atoms with van der Waals surface area (Å²) in [6, 6.07) is 10.4. The molecule has 16 heteroatoms. The van der Waals surface area contributed by atoms with Crippen LogP contribution < -0.4 is 10.6 Å². The zero-order valence-electron chi connectivity index (χ0n) is 22.7. The molecule has 0 radical (unpaired) electrons. The van der Waals surface area contributed by atoms with E-state index in [1.54, 1.807) is 12.1 Å². The molecule has 3 aromatic rings. The lowest BCUT2D eigenvalue weighted by molar-refractivity contribution is -0.143. The summed E-state index contributed by atoms with van der Waals surface area (Å²) in [4.78, 5) is 41.9. The Bertz CT molecular complexity index is 1740. The number of aromatic nitrogens is 1. The van der Waals surface area contributed by atoms with Crippen LogP contribution in [-0.4, -0.2) is 58.7 Å². The number of nitrogens with zero attached hydrogens (tertiary/aromatic N) is 3. The number of sulfonamides is 1. The summed E-state index contributed by atoms with van der Waals surface area (Å²) in [6.45, 7) is 1.04. The number of nitrogens with one attached hydrogen (secondary N) is 2. The van der Waals surface area contributed by atoms with Crippen LogP contribution in [0, 0.1) is 17.2 Å². The van der Waals surface area contributed by atoms with Gasteiger partial charge in [0, 0.05) is 41.1 Å². The highest BCUT2D eigenvalue weighted by Crippen LogP contribution is 2.39. The summed E-state index contributed by atoms with van der Waals surface area (Å²) < 4.78 is 28.1. The predicted octanol–water partition coefficient (Wildman–Crippen LogP) is 5.05. The van der Waals surface area contributed by atoms with Gasteiger partial charge in [-0.3, -0.25) is 14.6 Å². The SMILES string of the molecule is C[C@]1(C(=O)N[C@@H](Cc2ccc(NC(=O)c3c(Cl)cncc3Cl)cc2)C(=O)O)C[C@@H](C#N)CN1S(=O)(=O)c1cc(Cl)cc(Cl)c1. The number of hydrogen-bond acceptors (Lipinski definition) is 7. The highest BCUT2D eigenvalue weighted by atomic mass is 35.5. The smallest absolute Gasteiger partial charge is 0.326 e. The van der Waals surface area contributed by atoms with E-state index in [9.17, 15) is 33.2 Å². The molecule has 1 fully saturated rings. The van der Waals surface area contributed by atoms with Crippen molar-refractivity contribution in [2.75, 3.05) is 11.9 Å².